The fourth-order valence-corrected chi connectivity index (χ4v) is 4.85. The van der Waals surface area contributed by atoms with Crippen molar-refractivity contribution in [2.24, 2.45) is 5.92 Å². The third-order valence-electron chi connectivity index (χ3n) is 6.90. The van der Waals surface area contributed by atoms with E-state index in [1.54, 1.807) is 11.0 Å². The maximum atomic E-state index is 12.7. The van der Waals surface area contributed by atoms with E-state index in [1.807, 2.05) is 29.2 Å². The van der Waals surface area contributed by atoms with Crippen molar-refractivity contribution in [2.75, 3.05) is 37.7 Å². The number of alkyl halides is 3. The van der Waals surface area contributed by atoms with Crippen LogP contribution in [0.2, 0.25) is 0 Å². The van der Waals surface area contributed by atoms with Crippen molar-refractivity contribution in [3.8, 4) is 11.4 Å². The van der Waals surface area contributed by atoms with Crippen LogP contribution in [0.1, 0.15) is 31.2 Å². The molecule has 2 fully saturated rings. The van der Waals surface area contributed by atoms with Crippen LogP contribution < -0.4 is 9.64 Å². The van der Waals surface area contributed by atoms with E-state index < -0.39 is 11.7 Å². The van der Waals surface area contributed by atoms with Crippen molar-refractivity contribution in [1.29, 1.82) is 0 Å². The van der Waals surface area contributed by atoms with Gasteiger partial charge in [0, 0.05) is 44.6 Å². The maximum absolute atomic E-state index is 12.7. The molecule has 2 aromatic heterocycles. The highest BCUT2D eigenvalue weighted by molar-refractivity contribution is 5.36. The third-order valence-corrected chi connectivity index (χ3v) is 6.90. The zero-order valence-corrected chi connectivity index (χ0v) is 19.3. The lowest BCUT2D eigenvalue weighted by molar-refractivity contribution is -0.138. The monoisotopic (exact) mass is 487 g/mol. The van der Waals surface area contributed by atoms with E-state index >= 15 is 0 Å². The molecule has 0 N–H and O–H groups in total. The molecule has 8 nitrogen and oxygen atoms in total. The van der Waals surface area contributed by atoms with E-state index in [4.69, 9.17) is 4.74 Å². The third kappa shape index (κ3) is 5.72. The molecule has 35 heavy (non-hydrogen) atoms. The number of hydrogen-bond donors (Lipinski definition) is 0. The molecule has 11 heteroatoms. The average Bonchev–Trinajstić information content (AvgIpc) is 3.43. The molecule has 3 aromatic rings. The number of nitrogens with zero attached hydrogens (tertiary/aromatic N) is 7. The van der Waals surface area contributed by atoms with Crippen LogP contribution in [0.5, 0.6) is 5.75 Å². The number of hydrogen-bond acceptors (Lipinski definition) is 7. The van der Waals surface area contributed by atoms with Crippen LogP contribution in [-0.4, -0.2) is 68.5 Å². The summed E-state index contributed by atoms with van der Waals surface area (Å²) in [7, 11) is 0. The fourth-order valence-electron chi connectivity index (χ4n) is 4.85. The van der Waals surface area contributed by atoms with Crippen molar-refractivity contribution in [2.45, 2.75) is 37.9 Å². The van der Waals surface area contributed by atoms with Gasteiger partial charge in [-0.15, -0.1) is 0 Å². The first-order chi connectivity index (χ1) is 17.0. The summed E-state index contributed by atoms with van der Waals surface area (Å²) < 4.78 is 45.9. The highest BCUT2D eigenvalue weighted by Crippen LogP contribution is 2.30. The van der Waals surface area contributed by atoms with Crippen LogP contribution in [0.4, 0.5) is 19.1 Å². The van der Waals surface area contributed by atoms with E-state index in [1.165, 1.54) is 6.33 Å². The van der Waals surface area contributed by atoms with Crippen molar-refractivity contribution in [3.63, 3.8) is 0 Å². The molecular weight excluding hydrogens is 459 g/mol. The van der Waals surface area contributed by atoms with Crippen LogP contribution in [0, 0.1) is 5.92 Å². The second kappa shape index (κ2) is 10.2. The number of piperazine rings is 1. The standard InChI is InChI=1S/C24H28F3N7O/c25-24(26,27)19-13-29-23(30-14-19)33-11-9-32(10-12-33)20-3-1-18(2-4-20)15-35-22-7-5-21(6-8-22)34-17-28-16-31-34/h5-8,13-14,16-18,20H,1-4,9-12,15H2/t18-,20-. The molecule has 0 bridgehead atoms. The zero-order chi connectivity index (χ0) is 24.3. The van der Waals surface area contributed by atoms with Gasteiger partial charge in [-0.2, -0.15) is 18.3 Å². The Bertz CT molecular complexity index is 1060. The summed E-state index contributed by atoms with van der Waals surface area (Å²) >= 11 is 0. The van der Waals surface area contributed by atoms with E-state index in [-0.39, 0.29) is 0 Å². The van der Waals surface area contributed by atoms with Crippen LogP contribution in [0.3, 0.4) is 0 Å². The Morgan fingerprint density at radius 2 is 1.60 bits per heavy atom. The van der Waals surface area contributed by atoms with Gasteiger partial charge in [0.05, 0.1) is 17.9 Å². The summed E-state index contributed by atoms with van der Waals surface area (Å²) in [5.74, 6) is 1.77. The molecule has 1 aliphatic heterocycles. The Morgan fingerprint density at radius 3 is 2.20 bits per heavy atom. The molecule has 5 rings (SSSR count). The van der Waals surface area contributed by atoms with Crippen molar-refractivity contribution in [3.05, 3.63) is 54.9 Å². The van der Waals surface area contributed by atoms with Gasteiger partial charge in [0.25, 0.3) is 0 Å². The Labute approximate surface area is 201 Å². The summed E-state index contributed by atoms with van der Waals surface area (Å²) in [4.78, 5) is 16.3. The molecule has 2 aliphatic rings. The lowest BCUT2D eigenvalue weighted by Crippen LogP contribution is -2.51. The highest BCUT2D eigenvalue weighted by Gasteiger charge is 2.32. The molecule has 3 heterocycles. The first kappa shape index (κ1) is 23.5. The molecule has 1 aromatic carbocycles. The molecule has 0 spiro atoms. The smallest absolute Gasteiger partial charge is 0.419 e. The van der Waals surface area contributed by atoms with E-state index in [0.29, 0.717) is 24.5 Å². The van der Waals surface area contributed by atoms with Crippen molar-refractivity contribution < 1.29 is 17.9 Å². The minimum absolute atomic E-state index is 0.368. The molecule has 0 atom stereocenters. The second-order valence-corrected chi connectivity index (χ2v) is 9.11. The van der Waals surface area contributed by atoms with Crippen molar-refractivity contribution >= 4 is 5.95 Å². The number of rotatable bonds is 6. The molecule has 1 saturated heterocycles. The van der Waals surface area contributed by atoms with Crippen LogP contribution in [-0.2, 0) is 6.18 Å². The van der Waals surface area contributed by atoms with Gasteiger partial charge in [-0.1, -0.05) is 0 Å². The predicted octanol–water partition coefficient (Wildman–Crippen LogP) is 3.84. The van der Waals surface area contributed by atoms with Gasteiger partial charge < -0.3 is 9.64 Å². The molecular formula is C24H28F3N7O. The SMILES string of the molecule is FC(F)(F)c1cnc(N2CCN([C@H]3CC[C@H](COc4ccc(-n5cncn5)cc4)CC3)CC2)nc1. The van der Waals surface area contributed by atoms with Gasteiger partial charge in [-0.3, -0.25) is 4.90 Å². The molecule has 0 radical (unpaired) electrons. The zero-order valence-electron chi connectivity index (χ0n) is 19.3. The van der Waals surface area contributed by atoms with Gasteiger partial charge >= 0.3 is 6.18 Å². The molecule has 1 aliphatic carbocycles. The first-order valence-corrected chi connectivity index (χ1v) is 11.9. The van der Waals surface area contributed by atoms with Gasteiger partial charge in [0.1, 0.15) is 18.4 Å². The number of ether oxygens (including phenoxy) is 1. The Balaban J connectivity index is 1.04. The van der Waals surface area contributed by atoms with Gasteiger partial charge in [0.2, 0.25) is 5.95 Å². The minimum Gasteiger partial charge on any atom is -0.493 e. The number of aromatic nitrogens is 5. The number of benzene rings is 1. The predicted molar refractivity (Wildman–Crippen MR) is 123 cm³/mol. The molecule has 0 amide bonds. The Kier molecular flexibility index (Phi) is 6.85. The summed E-state index contributed by atoms with van der Waals surface area (Å²) in [6, 6.07) is 8.40. The van der Waals surface area contributed by atoms with Gasteiger partial charge in [-0.05, 0) is 55.9 Å². The number of halogens is 3. The lowest BCUT2D eigenvalue weighted by atomic mass is 9.85. The number of anilines is 1. The van der Waals surface area contributed by atoms with Crippen LogP contribution in [0.15, 0.2) is 49.3 Å². The quantitative estimate of drug-likeness (QED) is 0.523. The van der Waals surface area contributed by atoms with Crippen LogP contribution >= 0.6 is 0 Å². The lowest BCUT2D eigenvalue weighted by Gasteiger charge is -2.42. The van der Waals surface area contributed by atoms with E-state index in [2.05, 4.69) is 25.0 Å². The Hall–Kier alpha value is -3.21. The van der Waals surface area contributed by atoms with E-state index in [9.17, 15) is 13.2 Å². The Morgan fingerprint density at radius 1 is 0.914 bits per heavy atom. The summed E-state index contributed by atoms with van der Waals surface area (Å²) in [6.07, 6.45) is 5.02. The molecule has 186 valence electrons. The highest BCUT2D eigenvalue weighted by atomic mass is 19.4. The largest absolute Gasteiger partial charge is 0.493 e. The normalized spacial score (nSPS) is 21.7. The topological polar surface area (TPSA) is 72.2 Å². The fraction of sp³-hybridized carbons (Fsp3) is 0.500. The molecule has 1 saturated carbocycles. The summed E-state index contributed by atoms with van der Waals surface area (Å²) in [6.45, 7) is 3.90. The average molecular weight is 488 g/mol. The molecule has 0 unspecified atom stereocenters. The van der Waals surface area contributed by atoms with Gasteiger partial charge in [0.15, 0.2) is 0 Å². The first-order valence-electron chi connectivity index (χ1n) is 11.9. The minimum atomic E-state index is -4.41. The van der Waals surface area contributed by atoms with Crippen molar-refractivity contribution in [1.82, 2.24) is 29.6 Å². The summed E-state index contributed by atoms with van der Waals surface area (Å²) in [5.41, 5.74) is 0.129. The van der Waals surface area contributed by atoms with Gasteiger partial charge in [-0.25, -0.2) is 19.6 Å². The summed E-state index contributed by atoms with van der Waals surface area (Å²) in [5, 5.41) is 4.13. The maximum Gasteiger partial charge on any atom is 0.419 e. The van der Waals surface area contributed by atoms with E-state index in [0.717, 1.165) is 75.7 Å². The second-order valence-electron chi connectivity index (χ2n) is 9.11. The van der Waals surface area contributed by atoms with Crippen LogP contribution in [0.25, 0.3) is 5.69 Å².